The summed E-state index contributed by atoms with van der Waals surface area (Å²) in [5, 5.41) is 13.6. The number of hydrogen-bond donors (Lipinski definition) is 1. The van der Waals surface area contributed by atoms with Crippen LogP contribution in [0, 0.1) is 11.3 Å². The Morgan fingerprint density at radius 2 is 2.10 bits per heavy atom. The van der Waals surface area contributed by atoms with E-state index in [9.17, 15) is 4.79 Å². The van der Waals surface area contributed by atoms with Crippen LogP contribution in [0.25, 0.3) is 6.08 Å². The Labute approximate surface area is 120 Å². The van der Waals surface area contributed by atoms with Crippen LogP contribution in [0.1, 0.15) is 4.88 Å². The second-order valence-electron chi connectivity index (χ2n) is 3.87. The Kier molecular flexibility index (Phi) is 4.53. The lowest BCUT2D eigenvalue weighted by Gasteiger charge is -2.05. The molecule has 1 N–H and O–H groups in total. The van der Waals surface area contributed by atoms with Gasteiger partial charge in [0.25, 0.3) is 5.91 Å². The van der Waals surface area contributed by atoms with Crippen molar-refractivity contribution in [3.05, 3.63) is 52.2 Å². The number of methoxy groups -OCH3 is 1. The quantitative estimate of drug-likeness (QED) is 0.692. The van der Waals surface area contributed by atoms with Crippen molar-refractivity contribution >= 4 is 29.0 Å². The molecule has 1 amide bonds. The van der Waals surface area contributed by atoms with E-state index in [1.807, 2.05) is 23.6 Å². The Balaban J connectivity index is 2.11. The molecule has 0 bridgehead atoms. The summed E-state index contributed by atoms with van der Waals surface area (Å²) in [6, 6.07) is 12.6. The van der Waals surface area contributed by atoms with Gasteiger partial charge in [-0.2, -0.15) is 5.26 Å². The van der Waals surface area contributed by atoms with Gasteiger partial charge in [-0.1, -0.05) is 6.07 Å². The first kappa shape index (κ1) is 13.8. The maximum atomic E-state index is 12.0. The van der Waals surface area contributed by atoms with Crippen molar-refractivity contribution in [2.45, 2.75) is 0 Å². The number of thiophene rings is 1. The highest BCUT2D eigenvalue weighted by Gasteiger charge is 2.09. The van der Waals surface area contributed by atoms with Crippen LogP contribution in [0.5, 0.6) is 5.75 Å². The average molecular weight is 284 g/mol. The van der Waals surface area contributed by atoms with E-state index in [0.717, 1.165) is 4.88 Å². The van der Waals surface area contributed by atoms with Crippen molar-refractivity contribution in [1.82, 2.24) is 0 Å². The number of anilines is 1. The minimum Gasteiger partial charge on any atom is -0.497 e. The predicted octanol–water partition coefficient (Wildman–Crippen LogP) is 3.30. The van der Waals surface area contributed by atoms with E-state index in [-0.39, 0.29) is 5.57 Å². The maximum Gasteiger partial charge on any atom is 0.266 e. The molecule has 4 nitrogen and oxygen atoms in total. The first-order chi connectivity index (χ1) is 9.72. The highest BCUT2D eigenvalue weighted by molar-refractivity contribution is 7.10. The van der Waals surface area contributed by atoms with Crippen LogP contribution in [-0.4, -0.2) is 13.0 Å². The van der Waals surface area contributed by atoms with Gasteiger partial charge in [0.1, 0.15) is 17.4 Å². The molecule has 0 saturated heterocycles. The minimum absolute atomic E-state index is 0.0725. The Morgan fingerprint density at radius 3 is 2.65 bits per heavy atom. The van der Waals surface area contributed by atoms with Crippen molar-refractivity contribution in [3.8, 4) is 11.8 Å². The van der Waals surface area contributed by atoms with Crippen molar-refractivity contribution < 1.29 is 9.53 Å². The van der Waals surface area contributed by atoms with Gasteiger partial charge in [-0.15, -0.1) is 11.3 Å². The van der Waals surface area contributed by atoms with Crippen LogP contribution < -0.4 is 10.1 Å². The van der Waals surface area contributed by atoms with Crippen LogP contribution >= 0.6 is 11.3 Å². The molecule has 1 aromatic heterocycles. The molecule has 2 aromatic rings. The standard InChI is InChI=1S/C15H12N2O2S/c1-19-13-6-4-12(5-7-13)17-15(18)11(10-16)9-14-3-2-8-20-14/h2-9H,1H3,(H,17,18)/b11-9-. The smallest absolute Gasteiger partial charge is 0.266 e. The van der Waals surface area contributed by atoms with Gasteiger partial charge < -0.3 is 10.1 Å². The number of benzene rings is 1. The van der Waals surface area contributed by atoms with E-state index in [1.54, 1.807) is 37.5 Å². The first-order valence-corrected chi connectivity index (χ1v) is 6.71. The van der Waals surface area contributed by atoms with Gasteiger partial charge >= 0.3 is 0 Å². The van der Waals surface area contributed by atoms with E-state index in [1.165, 1.54) is 11.3 Å². The van der Waals surface area contributed by atoms with Gasteiger partial charge in [-0.25, -0.2) is 0 Å². The molecule has 1 aromatic carbocycles. The second kappa shape index (κ2) is 6.55. The van der Waals surface area contributed by atoms with Crippen LogP contribution in [0.4, 0.5) is 5.69 Å². The Bertz CT molecular complexity index is 652. The summed E-state index contributed by atoms with van der Waals surface area (Å²) in [4.78, 5) is 12.9. The van der Waals surface area contributed by atoms with Gasteiger partial charge in [0.2, 0.25) is 0 Å². The molecule has 0 unspecified atom stereocenters. The summed E-state index contributed by atoms with van der Waals surface area (Å²) in [6.45, 7) is 0. The zero-order valence-electron chi connectivity index (χ0n) is 10.8. The molecule has 5 heteroatoms. The zero-order valence-corrected chi connectivity index (χ0v) is 11.6. The number of rotatable bonds is 4. The highest BCUT2D eigenvalue weighted by Crippen LogP contribution is 2.17. The highest BCUT2D eigenvalue weighted by atomic mass is 32.1. The van der Waals surface area contributed by atoms with Crippen molar-refractivity contribution in [1.29, 1.82) is 5.26 Å². The molecule has 100 valence electrons. The zero-order chi connectivity index (χ0) is 14.4. The summed E-state index contributed by atoms with van der Waals surface area (Å²) in [5.41, 5.74) is 0.686. The molecule has 0 radical (unpaired) electrons. The number of carbonyl (C=O) groups excluding carboxylic acids is 1. The third-order valence-electron chi connectivity index (χ3n) is 2.54. The Morgan fingerprint density at radius 1 is 1.35 bits per heavy atom. The van der Waals surface area contributed by atoms with E-state index in [4.69, 9.17) is 10.00 Å². The lowest BCUT2D eigenvalue weighted by Crippen LogP contribution is -2.13. The third-order valence-corrected chi connectivity index (χ3v) is 3.36. The second-order valence-corrected chi connectivity index (χ2v) is 4.85. The van der Waals surface area contributed by atoms with Crippen LogP contribution in [-0.2, 0) is 4.79 Å². The first-order valence-electron chi connectivity index (χ1n) is 5.83. The molecular weight excluding hydrogens is 272 g/mol. The number of nitrogens with zero attached hydrogens (tertiary/aromatic N) is 1. The maximum absolute atomic E-state index is 12.0. The molecule has 0 saturated carbocycles. The van der Waals surface area contributed by atoms with Crippen molar-refractivity contribution in [2.24, 2.45) is 0 Å². The Hall–Kier alpha value is -2.58. The lowest BCUT2D eigenvalue weighted by atomic mass is 10.2. The fraction of sp³-hybridized carbons (Fsp3) is 0.0667. The molecule has 1 heterocycles. The fourth-order valence-corrected chi connectivity index (χ4v) is 2.19. The molecule has 0 fully saturated rings. The molecule has 0 aliphatic rings. The fourth-order valence-electron chi connectivity index (χ4n) is 1.54. The van der Waals surface area contributed by atoms with Gasteiger partial charge in [-0.05, 0) is 41.8 Å². The number of nitriles is 1. The van der Waals surface area contributed by atoms with E-state index >= 15 is 0 Å². The van der Waals surface area contributed by atoms with Gasteiger partial charge in [0.05, 0.1) is 7.11 Å². The molecule has 0 atom stereocenters. The number of hydrogen-bond acceptors (Lipinski definition) is 4. The number of amides is 1. The van der Waals surface area contributed by atoms with Gasteiger partial charge in [-0.3, -0.25) is 4.79 Å². The molecule has 2 rings (SSSR count). The minimum atomic E-state index is -0.425. The van der Waals surface area contributed by atoms with E-state index in [0.29, 0.717) is 11.4 Å². The van der Waals surface area contributed by atoms with Gasteiger partial charge in [0, 0.05) is 10.6 Å². The normalized spacial score (nSPS) is 10.7. The van der Waals surface area contributed by atoms with Crippen LogP contribution in [0.2, 0.25) is 0 Å². The predicted molar refractivity (Wildman–Crippen MR) is 79.5 cm³/mol. The molecule has 0 spiro atoms. The molecule has 0 aliphatic heterocycles. The van der Waals surface area contributed by atoms with Crippen molar-refractivity contribution in [2.75, 3.05) is 12.4 Å². The topological polar surface area (TPSA) is 62.1 Å². The van der Waals surface area contributed by atoms with E-state index in [2.05, 4.69) is 5.32 Å². The lowest BCUT2D eigenvalue weighted by molar-refractivity contribution is -0.112. The third kappa shape index (κ3) is 3.46. The summed E-state index contributed by atoms with van der Waals surface area (Å²) in [5.74, 6) is 0.281. The molecular formula is C15H12N2O2S. The average Bonchev–Trinajstić information content (AvgIpc) is 2.98. The SMILES string of the molecule is COc1ccc(NC(=O)/C(C#N)=C\c2cccs2)cc1. The molecule has 20 heavy (non-hydrogen) atoms. The van der Waals surface area contributed by atoms with E-state index < -0.39 is 5.91 Å². The molecule has 0 aliphatic carbocycles. The largest absolute Gasteiger partial charge is 0.497 e. The van der Waals surface area contributed by atoms with Crippen LogP contribution in [0.15, 0.2) is 47.4 Å². The summed E-state index contributed by atoms with van der Waals surface area (Å²) < 4.78 is 5.04. The number of nitrogens with one attached hydrogen (secondary N) is 1. The monoisotopic (exact) mass is 284 g/mol. The van der Waals surface area contributed by atoms with Crippen LogP contribution in [0.3, 0.4) is 0 Å². The summed E-state index contributed by atoms with van der Waals surface area (Å²) >= 11 is 1.47. The van der Waals surface area contributed by atoms with Gasteiger partial charge in [0.15, 0.2) is 0 Å². The summed E-state index contributed by atoms with van der Waals surface area (Å²) in [6.07, 6.45) is 1.57. The van der Waals surface area contributed by atoms with Crippen molar-refractivity contribution in [3.63, 3.8) is 0 Å². The summed E-state index contributed by atoms with van der Waals surface area (Å²) in [7, 11) is 1.57. The number of ether oxygens (including phenoxy) is 1. The number of carbonyl (C=O) groups is 1.